The number of rotatable bonds is 5. The van der Waals surface area contributed by atoms with Gasteiger partial charge >= 0.3 is 5.97 Å². The lowest BCUT2D eigenvalue weighted by atomic mass is 10.2. The number of aromatic carboxylic acids is 1. The quantitative estimate of drug-likeness (QED) is 0.644. The molecular formula is C10H10N4O5S. The van der Waals surface area contributed by atoms with Gasteiger partial charge in [-0.1, -0.05) is 5.16 Å². The van der Waals surface area contributed by atoms with Gasteiger partial charge < -0.3 is 15.4 Å². The second-order valence-electron chi connectivity index (χ2n) is 3.73. The van der Waals surface area contributed by atoms with E-state index in [1.165, 1.54) is 6.07 Å². The van der Waals surface area contributed by atoms with Crippen LogP contribution in [-0.2, 0) is 16.6 Å². The van der Waals surface area contributed by atoms with Crippen LogP contribution in [0.15, 0.2) is 34.0 Å². The minimum absolute atomic E-state index is 0.120. The number of hydrogen-bond donors (Lipinski definition) is 3. The highest BCUT2D eigenvalue weighted by atomic mass is 32.2. The van der Waals surface area contributed by atoms with Crippen molar-refractivity contribution in [1.82, 2.24) is 14.9 Å². The van der Waals surface area contributed by atoms with Crippen molar-refractivity contribution in [2.45, 2.75) is 11.4 Å². The first-order valence-electron chi connectivity index (χ1n) is 5.28. The van der Waals surface area contributed by atoms with E-state index in [4.69, 9.17) is 10.8 Å². The zero-order valence-corrected chi connectivity index (χ0v) is 10.8. The van der Waals surface area contributed by atoms with Gasteiger partial charge in [0, 0.05) is 5.69 Å². The van der Waals surface area contributed by atoms with Gasteiger partial charge in [-0.05, 0) is 18.2 Å². The first-order chi connectivity index (χ1) is 9.40. The zero-order valence-electron chi connectivity index (χ0n) is 9.98. The highest BCUT2D eigenvalue weighted by Gasteiger charge is 2.22. The lowest BCUT2D eigenvalue weighted by molar-refractivity contribution is 0.0692. The fourth-order valence-corrected chi connectivity index (χ4v) is 2.66. The summed E-state index contributed by atoms with van der Waals surface area (Å²) in [4.78, 5) is 14.3. The second kappa shape index (κ2) is 5.27. The minimum atomic E-state index is -4.07. The Morgan fingerprint density at radius 1 is 1.45 bits per heavy atom. The van der Waals surface area contributed by atoms with Crippen LogP contribution in [0, 0.1) is 0 Å². The zero-order chi connectivity index (χ0) is 14.8. The summed E-state index contributed by atoms with van der Waals surface area (Å²) in [5, 5.41) is 12.4. The topological polar surface area (TPSA) is 148 Å². The number of nitrogen functional groups attached to an aromatic ring is 1. The van der Waals surface area contributed by atoms with E-state index >= 15 is 0 Å². The third-order valence-electron chi connectivity index (χ3n) is 2.35. The molecule has 0 aliphatic carbocycles. The van der Waals surface area contributed by atoms with Crippen molar-refractivity contribution in [3.8, 4) is 0 Å². The molecule has 0 radical (unpaired) electrons. The number of benzene rings is 1. The van der Waals surface area contributed by atoms with E-state index in [2.05, 4.69) is 19.4 Å². The Hall–Kier alpha value is -2.46. The molecule has 20 heavy (non-hydrogen) atoms. The Morgan fingerprint density at radius 3 is 2.80 bits per heavy atom. The molecule has 1 aromatic carbocycles. The van der Waals surface area contributed by atoms with Gasteiger partial charge in [0.15, 0.2) is 5.82 Å². The Morgan fingerprint density at radius 2 is 2.20 bits per heavy atom. The van der Waals surface area contributed by atoms with Gasteiger partial charge in [0.25, 0.3) is 0 Å². The van der Waals surface area contributed by atoms with Gasteiger partial charge in [0.2, 0.25) is 16.4 Å². The number of nitrogens with one attached hydrogen (secondary N) is 1. The highest BCUT2D eigenvalue weighted by Crippen LogP contribution is 2.19. The van der Waals surface area contributed by atoms with Crippen molar-refractivity contribution in [2.24, 2.45) is 0 Å². The van der Waals surface area contributed by atoms with E-state index in [0.717, 1.165) is 18.5 Å². The number of carboxylic acids is 1. The van der Waals surface area contributed by atoms with Crippen LogP contribution in [0.2, 0.25) is 0 Å². The van der Waals surface area contributed by atoms with Crippen molar-refractivity contribution in [3.05, 3.63) is 36.0 Å². The van der Waals surface area contributed by atoms with Crippen LogP contribution >= 0.6 is 0 Å². The van der Waals surface area contributed by atoms with Crippen LogP contribution in [0.1, 0.15) is 16.2 Å². The van der Waals surface area contributed by atoms with Crippen LogP contribution in [-0.4, -0.2) is 29.6 Å². The van der Waals surface area contributed by atoms with Gasteiger partial charge in [0.1, 0.15) is 0 Å². The Kier molecular flexibility index (Phi) is 3.68. The number of carbonyl (C=O) groups is 1. The standard InChI is InChI=1S/C10H10N4O5S/c11-6-1-2-7(10(15)16)8(3-6)20(17,18)13-4-9-12-5-19-14-9/h1-3,5,13H,4,11H2,(H,15,16). The molecule has 9 nitrogen and oxygen atoms in total. The van der Waals surface area contributed by atoms with Crippen LogP contribution in [0.25, 0.3) is 0 Å². The predicted molar refractivity (Wildman–Crippen MR) is 66.1 cm³/mol. The minimum Gasteiger partial charge on any atom is -0.478 e. The molecule has 1 heterocycles. The molecule has 0 saturated carbocycles. The molecule has 0 unspecified atom stereocenters. The van der Waals surface area contributed by atoms with Crippen molar-refractivity contribution in [2.75, 3.05) is 5.73 Å². The Bertz CT molecular complexity index is 726. The number of aromatic nitrogens is 2. The molecule has 0 saturated heterocycles. The summed E-state index contributed by atoms with van der Waals surface area (Å²) in [7, 11) is -4.07. The molecule has 0 bridgehead atoms. The molecular weight excluding hydrogens is 288 g/mol. The molecule has 0 spiro atoms. The average molecular weight is 298 g/mol. The van der Waals surface area contributed by atoms with E-state index < -0.39 is 20.9 Å². The third kappa shape index (κ3) is 2.92. The molecule has 2 aromatic rings. The van der Waals surface area contributed by atoms with Crippen molar-refractivity contribution in [1.29, 1.82) is 0 Å². The highest BCUT2D eigenvalue weighted by molar-refractivity contribution is 7.89. The van der Waals surface area contributed by atoms with Crippen molar-refractivity contribution >= 4 is 21.7 Å². The summed E-state index contributed by atoms with van der Waals surface area (Å²) in [6, 6.07) is 3.50. The van der Waals surface area contributed by atoms with E-state index in [1.54, 1.807) is 0 Å². The lowest BCUT2D eigenvalue weighted by Gasteiger charge is -2.08. The lowest BCUT2D eigenvalue weighted by Crippen LogP contribution is -2.25. The van der Waals surface area contributed by atoms with E-state index in [1.807, 2.05) is 0 Å². The maximum atomic E-state index is 12.1. The number of nitrogens with zero attached hydrogens (tertiary/aromatic N) is 2. The molecule has 10 heteroatoms. The number of nitrogens with two attached hydrogens (primary N) is 1. The maximum Gasteiger partial charge on any atom is 0.337 e. The average Bonchev–Trinajstić information content (AvgIpc) is 2.89. The number of hydrogen-bond acceptors (Lipinski definition) is 7. The second-order valence-corrected chi connectivity index (χ2v) is 5.47. The van der Waals surface area contributed by atoms with Gasteiger partial charge in [-0.3, -0.25) is 0 Å². The molecule has 0 atom stereocenters. The van der Waals surface area contributed by atoms with Gasteiger partial charge in [-0.2, -0.15) is 4.98 Å². The number of carboxylic acid groups (broad SMARTS) is 1. The molecule has 0 aliphatic heterocycles. The molecule has 0 fully saturated rings. The fourth-order valence-electron chi connectivity index (χ4n) is 1.45. The normalized spacial score (nSPS) is 11.4. The summed E-state index contributed by atoms with van der Waals surface area (Å²) in [6.45, 7) is -0.229. The fraction of sp³-hybridized carbons (Fsp3) is 0.100. The molecule has 2 rings (SSSR count). The molecule has 106 valence electrons. The molecule has 0 amide bonds. The molecule has 4 N–H and O–H groups in total. The summed E-state index contributed by atoms with van der Waals surface area (Å²) in [5.74, 6) is -1.25. The van der Waals surface area contributed by atoms with Crippen LogP contribution in [0.5, 0.6) is 0 Å². The van der Waals surface area contributed by atoms with Gasteiger partial charge in [0.05, 0.1) is 17.0 Å². The predicted octanol–water partition coefficient (Wildman–Crippen LogP) is -0.172. The monoisotopic (exact) mass is 298 g/mol. The smallest absolute Gasteiger partial charge is 0.337 e. The van der Waals surface area contributed by atoms with E-state index in [9.17, 15) is 13.2 Å². The Labute approximate surface area is 113 Å². The van der Waals surface area contributed by atoms with Crippen molar-refractivity contribution < 1.29 is 22.8 Å². The first kappa shape index (κ1) is 14.0. The van der Waals surface area contributed by atoms with Gasteiger partial charge in [-0.25, -0.2) is 17.9 Å². The number of anilines is 1. The summed E-state index contributed by atoms with van der Waals surface area (Å²) in [6.07, 6.45) is 1.05. The van der Waals surface area contributed by atoms with Crippen molar-refractivity contribution in [3.63, 3.8) is 0 Å². The summed E-state index contributed by atoms with van der Waals surface area (Å²) in [5.41, 5.74) is 5.25. The van der Waals surface area contributed by atoms with E-state index in [-0.39, 0.29) is 23.6 Å². The largest absolute Gasteiger partial charge is 0.478 e. The summed E-state index contributed by atoms with van der Waals surface area (Å²) >= 11 is 0. The van der Waals surface area contributed by atoms with Crippen LogP contribution in [0.3, 0.4) is 0 Å². The van der Waals surface area contributed by atoms with Gasteiger partial charge in [-0.15, -0.1) is 0 Å². The number of sulfonamides is 1. The van der Waals surface area contributed by atoms with Crippen LogP contribution in [0.4, 0.5) is 5.69 Å². The third-order valence-corrected chi connectivity index (χ3v) is 3.79. The van der Waals surface area contributed by atoms with E-state index in [0.29, 0.717) is 0 Å². The first-order valence-corrected chi connectivity index (χ1v) is 6.76. The SMILES string of the molecule is Nc1ccc(C(=O)O)c(S(=O)(=O)NCc2ncon2)c1. The van der Waals surface area contributed by atoms with Crippen LogP contribution < -0.4 is 10.5 Å². The Balaban J connectivity index is 2.33. The summed E-state index contributed by atoms with van der Waals surface area (Å²) < 4.78 is 30.8. The molecule has 1 aromatic heterocycles. The maximum absolute atomic E-state index is 12.1. The molecule has 0 aliphatic rings.